The van der Waals surface area contributed by atoms with Gasteiger partial charge in [-0.3, -0.25) is 0 Å². The molecule has 3 rings (SSSR count). The smallest absolute Gasteiger partial charge is 0.254 e. The van der Waals surface area contributed by atoms with Gasteiger partial charge in [-0.05, 0) is 24.6 Å². The lowest BCUT2D eigenvalue weighted by atomic mass is 10.0. The van der Waals surface area contributed by atoms with Crippen LogP contribution in [0.3, 0.4) is 0 Å². The van der Waals surface area contributed by atoms with Crippen molar-refractivity contribution in [1.29, 1.82) is 0 Å². The van der Waals surface area contributed by atoms with E-state index in [2.05, 4.69) is 20.4 Å². The molecule has 3 N–H and O–H groups in total. The Balaban J connectivity index is 1.88. The number of rotatable bonds is 5. The summed E-state index contributed by atoms with van der Waals surface area (Å²) in [6, 6.07) is 7.99. The van der Waals surface area contributed by atoms with Gasteiger partial charge in [-0.2, -0.15) is 14.6 Å². The number of hydrogen-bond acceptors (Lipinski definition) is 6. The maximum absolute atomic E-state index is 10.5. The van der Waals surface area contributed by atoms with Gasteiger partial charge in [-0.25, -0.2) is 4.98 Å². The van der Waals surface area contributed by atoms with Crippen LogP contribution >= 0.6 is 11.6 Å². The number of anilines is 1. The minimum atomic E-state index is -0.913. The zero-order valence-corrected chi connectivity index (χ0v) is 13.1. The first-order valence-electron chi connectivity index (χ1n) is 7.07. The molecule has 0 aliphatic carbocycles. The second kappa shape index (κ2) is 6.49. The molecule has 0 amide bonds. The molecule has 0 aliphatic heterocycles. The number of halogens is 1. The Morgan fingerprint density at radius 1 is 1.30 bits per heavy atom. The number of aliphatic hydroxyl groups is 2. The minimum Gasteiger partial charge on any atom is -0.394 e. The number of hydrogen-bond donors (Lipinski definition) is 3. The van der Waals surface area contributed by atoms with Gasteiger partial charge in [0.2, 0.25) is 0 Å². The molecule has 2 aromatic heterocycles. The van der Waals surface area contributed by atoms with Gasteiger partial charge >= 0.3 is 0 Å². The van der Waals surface area contributed by atoms with Gasteiger partial charge in [0, 0.05) is 16.8 Å². The quantitative estimate of drug-likeness (QED) is 0.656. The van der Waals surface area contributed by atoms with Gasteiger partial charge in [0.15, 0.2) is 0 Å². The van der Waals surface area contributed by atoms with Gasteiger partial charge in [0.25, 0.3) is 5.78 Å². The third kappa shape index (κ3) is 3.26. The first kappa shape index (κ1) is 15.7. The molecule has 1 aromatic carbocycles. The molecule has 23 heavy (non-hydrogen) atoms. The van der Waals surface area contributed by atoms with Crippen LogP contribution < -0.4 is 5.32 Å². The summed E-state index contributed by atoms with van der Waals surface area (Å²) in [6.07, 6.45) is 0.487. The molecule has 0 radical (unpaired) electrons. The second-order valence-electron chi connectivity index (χ2n) is 5.18. The molecule has 8 heteroatoms. The number of aryl methyl sites for hydroxylation is 1. The summed E-state index contributed by atoms with van der Waals surface area (Å²) >= 11 is 5.86. The van der Waals surface area contributed by atoms with Gasteiger partial charge in [0.05, 0.1) is 12.6 Å². The van der Waals surface area contributed by atoms with E-state index in [1.807, 2.05) is 6.92 Å². The Bertz CT molecular complexity index is 805. The third-order valence-electron chi connectivity index (χ3n) is 3.50. The highest BCUT2D eigenvalue weighted by Crippen LogP contribution is 2.22. The minimum absolute atomic E-state index is 0.263. The predicted molar refractivity (Wildman–Crippen MR) is 86.4 cm³/mol. The van der Waals surface area contributed by atoms with Crippen molar-refractivity contribution in [3.63, 3.8) is 0 Å². The highest BCUT2D eigenvalue weighted by molar-refractivity contribution is 6.30. The van der Waals surface area contributed by atoms with E-state index in [9.17, 15) is 10.2 Å². The van der Waals surface area contributed by atoms with Crippen LogP contribution in [0.5, 0.6) is 0 Å². The fraction of sp³-hybridized carbons (Fsp3) is 0.267. The largest absolute Gasteiger partial charge is 0.394 e. The fourth-order valence-corrected chi connectivity index (χ4v) is 2.47. The molecule has 3 aromatic rings. The highest BCUT2D eigenvalue weighted by Gasteiger charge is 2.21. The first-order valence-corrected chi connectivity index (χ1v) is 7.44. The Labute approximate surface area is 137 Å². The van der Waals surface area contributed by atoms with Gasteiger partial charge in [-0.1, -0.05) is 23.7 Å². The van der Waals surface area contributed by atoms with Crippen LogP contribution in [0.25, 0.3) is 5.78 Å². The van der Waals surface area contributed by atoms with Crippen LogP contribution in [-0.2, 0) is 0 Å². The van der Waals surface area contributed by atoms with Crippen molar-refractivity contribution in [2.75, 3.05) is 11.9 Å². The summed E-state index contributed by atoms with van der Waals surface area (Å²) in [5.41, 5.74) is 1.41. The molecular formula is C15H16ClN5O2. The number of nitrogens with zero attached hydrogens (tertiary/aromatic N) is 4. The van der Waals surface area contributed by atoms with Crippen LogP contribution in [0.1, 0.15) is 17.4 Å². The number of aromatic nitrogens is 4. The van der Waals surface area contributed by atoms with E-state index < -0.39 is 12.1 Å². The second-order valence-corrected chi connectivity index (χ2v) is 5.62. The summed E-state index contributed by atoms with van der Waals surface area (Å²) < 4.78 is 1.52. The molecular weight excluding hydrogens is 318 g/mol. The Kier molecular flexibility index (Phi) is 4.42. The number of nitrogens with one attached hydrogen (secondary N) is 1. The standard InChI is InChI=1S/C15H16ClN5O2/c1-9-6-13(21-15(19-9)17-8-18-21)20-12(7-22)14(23)10-2-4-11(16)5-3-10/h2-6,8,12,14,20,22-23H,7H2,1H3. The zero-order chi connectivity index (χ0) is 16.4. The Hall–Kier alpha value is -2.22. The number of aliphatic hydroxyl groups excluding tert-OH is 2. The maximum atomic E-state index is 10.5. The highest BCUT2D eigenvalue weighted by atomic mass is 35.5. The van der Waals surface area contributed by atoms with Crippen LogP contribution in [0.4, 0.5) is 5.82 Å². The molecule has 7 nitrogen and oxygen atoms in total. The summed E-state index contributed by atoms with van der Waals surface area (Å²) in [6.45, 7) is 1.57. The molecule has 0 spiro atoms. The Morgan fingerprint density at radius 3 is 2.74 bits per heavy atom. The topological polar surface area (TPSA) is 95.6 Å². The first-order chi connectivity index (χ1) is 11.1. The summed E-state index contributed by atoms with van der Waals surface area (Å²) in [4.78, 5) is 8.30. The SMILES string of the molecule is Cc1cc(NC(CO)C(O)c2ccc(Cl)cc2)n2ncnc2n1. The average molecular weight is 334 g/mol. The zero-order valence-electron chi connectivity index (χ0n) is 12.4. The molecule has 2 unspecified atom stereocenters. The van der Waals surface area contributed by atoms with Crippen LogP contribution in [0, 0.1) is 6.92 Å². The van der Waals surface area contributed by atoms with Crippen molar-refractivity contribution in [3.05, 3.63) is 52.9 Å². The van der Waals surface area contributed by atoms with E-state index in [1.165, 1.54) is 10.8 Å². The van der Waals surface area contributed by atoms with Gasteiger partial charge < -0.3 is 15.5 Å². The monoisotopic (exact) mass is 333 g/mol. The molecule has 2 atom stereocenters. The maximum Gasteiger partial charge on any atom is 0.254 e. The van der Waals surface area contributed by atoms with Crippen molar-refractivity contribution in [3.8, 4) is 0 Å². The van der Waals surface area contributed by atoms with E-state index >= 15 is 0 Å². The molecule has 120 valence electrons. The third-order valence-corrected chi connectivity index (χ3v) is 3.75. The summed E-state index contributed by atoms with van der Waals surface area (Å²) in [5, 5.41) is 27.9. The molecule has 2 heterocycles. The number of benzene rings is 1. The van der Waals surface area contributed by atoms with E-state index in [-0.39, 0.29) is 6.61 Å². The number of fused-ring (bicyclic) bond motifs is 1. The molecule has 0 saturated carbocycles. The average Bonchev–Trinajstić information content (AvgIpc) is 3.00. The molecule has 0 bridgehead atoms. The van der Waals surface area contributed by atoms with Crippen molar-refractivity contribution in [2.45, 2.75) is 19.1 Å². The molecule has 0 aliphatic rings. The lowest BCUT2D eigenvalue weighted by Crippen LogP contribution is -2.32. The Morgan fingerprint density at radius 2 is 2.04 bits per heavy atom. The molecule has 0 saturated heterocycles. The molecule has 0 fully saturated rings. The predicted octanol–water partition coefficient (Wildman–Crippen LogP) is 1.59. The summed E-state index contributed by atoms with van der Waals surface area (Å²) in [7, 11) is 0. The van der Waals surface area contributed by atoms with E-state index in [0.717, 1.165) is 5.69 Å². The van der Waals surface area contributed by atoms with Gasteiger partial charge in [-0.15, -0.1) is 0 Å². The van der Waals surface area contributed by atoms with Crippen molar-refractivity contribution >= 4 is 23.2 Å². The lowest BCUT2D eigenvalue weighted by Gasteiger charge is -2.24. The van der Waals surface area contributed by atoms with Crippen LogP contribution in [0.2, 0.25) is 5.02 Å². The fourth-order valence-electron chi connectivity index (χ4n) is 2.34. The lowest BCUT2D eigenvalue weighted by molar-refractivity contribution is 0.118. The van der Waals surface area contributed by atoms with Crippen molar-refractivity contribution < 1.29 is 10.2 Å². The van der Waals surface area contributed by atoms with E-state index in [0.29, 0.717) is 22.2 Å². The van der Waals surface area contributed by atoms with Crippen LogP contribution in [0.15, 0.2) is 36.7 Å². The van der Waals surface area contributed by atoms with E-state index in [4.69, 9.17) is 11.6 Å². The van der Waals surface area contributed by atoms with Crippen LogP contribution in [-0.4, -0.2) is 42.4 Å². The van der Waals surface area contributed by atoms with Crippen molar-refractivity contribution in [2.24, 2.45) is 0 Å². The summed E-state index contributed by atoms with van der Waals surface area (Å²) in [5.74, 6) is 1.04. The van der Waals surface area contributed by atoms with E-state index in [1.54, 1.807) is 30.3 Å². The normalized spacial score (nSPS) is 13.9. The van der Waals surface area contributed by atoms with Crippen molar-refractivity contribution in [1.82, 2.24) is 19.6 Å². The van der Waals surface area contributed by atoms with Gasteiger partial charge in [0.1, 0.15) is 18.2 Å².